The second-order valence-corrected chi connectivity index (χ2v) is 18.4. The summed E-state index contributed by atoms with van der Waals surface area (Å²) in [5, 5.41) is 0. The minimum Gasteiger partial charge on any atom is -0.388 e. The van der Waals surface area contributed by atoms with Crippen molar-refractivity contribution in [2.24, 2.45) is 32.5 Å². The first-order valence-corrected chi connectivity index (χ1v) is 22.8. The molecule has 0 fully saturated rings. The topological polar surface area (TPSA) is 9.23 Å². The summed E-state index contributed by atoms with van der Waals surface area (Å²) in [5.74, 6) is 0. The van der Waals surface area contributed by atoms with Crippen LogP contribution < -0.4 is 0 Å². The second kappa shape index (κ2) is 167. The smallest absolute Gasteiger partial charge is 0.0351 e. The molecule has 0 saturated heterocycles. The molecule has 0 bridgehead atoms. The van der Waals surface area contributed by atoms with Gasteiger partial charge in [-0.3, -0.25) is 0 Å². The van der Waals surface area contributed by atoms with Crippen molar-refractivity contribution in [2.75, 3.05) is 14.2 Å². The van der Waals surface area contributed by atoms with E-state index in [4.69, 9.17) is 0 Å². The normalized spacial score (nSPS) is 6.95. The van der Waals surface area contributed by atoms with Crippen molar-refractivity contribution in [3.63, 3.8) is 0 Å². The molecule has 422 valence electrons. The van der Waals surface area contributed by atoms with Gasteiger partial charge in [-0.2, -0.15) is 0 Å². The molecule has 0 atom stereocenters. The molecule has 0 aromatic carbocycles. The SMILES string of the molecule is C.C.C.C.C.C.C.C.CC.CC.CC.CC.CC.CC.CC.CC.CC.CC.CC(C)(C)C.CC(C)(C)C.CC(C)(C)C.CC(C)(C)C.CC(C)(C)C.CC(C)(C)C.COC.[Y].[Y]. The fourth-order valence-corrected chi connectivity index (χ4v) is 0. The van der Waals surface area contributed by atoms with Crippen LogP contribution in [0.5, 0.6) is 0 Å². The molecule has 0 saturated carbocycles. The molecule has 0 aromatic rings. The summed E-state index contributed by atoms with van der Waals surface area (Å²) < 4.78 is 4.25. The van der Waals surface area contributed by atoms with Gasteiger partial charge in [-0.05, 0) is 32.5 Å². The average Bonchev–Trinajstić information content (AvgIpc) is 2.99. The molecule has 3 heteroatoms. The summed E-state index contributed by atoms with van der Waals surface area (Å²) in [6.07, 6.45) is 0. The van der Waals surface area contributed by atoms with Gasteiger partial charge in [-0.25, -0.2) is 0 Å². The van der Waals surface area contributed by atoms with Gasteiger partial charge in [0.1, 0.15) is 0 Å². The standard InChI is InChI=1S/6C5H12.C2H6O.10C2H6.8CH4.2Y/c6*1-5(2,3)4;1-3-2;10*1-2;;;;;;;;;;/h6*1-4H3;1-2H3;10*1-2H3;8*1H4;;. The van der Waals surface area contributed by atoms with Gasteiger partial charge in [0.25, 0.3) is 0 Å². The van der Waals surface area contributed by atoms with Gasteiger partial charge in [0.2, 0.25) is 0 Å². The third-order valence-corrected chi connectivity index (χ3v) is 0. The van der Waals surface area contributed by atoms with E-state index < -0.39 is 0 Å². The molecule has 0 rings (SSSR count). The largest absolute Gasteiger partial charge is 0.388 e. The van der Waals surface area contributed by atoms with Crippen LogP contribution in [0.3, 0.4) is 0 Å². The van der Waals surface area contributed by atoms with Crippen LogP contribution >= 0.6 is 0 Å². The molecular formula is C60H170OY2. The van der Waals surface area contributed by atoms with E-state index in [2.05, 4.69) is 171 Å². The maximum atomic E-state index is 4.25. The Morgan fingerprint density at radius 3 is 0.159 bits per heavy atom. The van der Waals surface area contributed by atoms with E-state index in [1.165, 1.54) is 0 Å². The molecule has 0 aromatic heterocycles. The Bertz CT molecular complexity index is 220. The fourth-order valence-electron chi connectivity index (χ4n) is 0. The summed E-state index contributed by atoms with van der Waals surface area (Å²) in [6.45, 7) is 92.5. The predicted octanol–water partition coefficient (Wildman–Crippen LogP) is 27.9. The van der Waals surface area contributed by atoms with Gasteiger partial charge >= 0.3 is 0 Å². The first kappa shape index (κ1) is 184. The Labute approximate surface area is 476 Å². The molecule has 63 heavy (non-hydrogen) atoms. The summed E-state index contributed by atoms with van der Waals surface area (Å²) >= 11 is 0. The molecular weight excluding hydrogens is 914 g/mol. The van der Waals surface area contributed by atoms with Crippen LogP contribution in [-0.4, -0.2) is 14.2 Å². The Morgan fingerprint density at radius 1 is 0.159 bits per heavy atom. The van der Waals surface area contributed by atoms with Crippen LogP contribution in [0, 0.1) is 32.5 Å². The molecule has 0 aliphatic rings. The number of hydrogen-bond acceptors (Lipinski definition) is 1. The van der Waals surface area contributed by atoms with Crippen molar-refractivity contribution < 1.29 is 70.2 Å². The number of methoxy groups -OCH3 is 1. The predicted molar refractivity (Wildman–Crippen MR) is 331 cm³/mol. The van der Waals surface area contributed by atoms with Gasteiger partial charge < -0.3 is 4.74 Å². The summed E-state index contributed by atoms with van der Waals surface area (Å²) in [7, 11) is 3.25. The third kappa shape index (κ3) is 52800. The maximum absolute atomic E-state index is 4.25. The van der Waals surface area contributed by atoms with E-state index >= 15 is 0 Å². The summed E-state index contributed by atoms with van der Waals surface area (Å²) in [6, 6.07) is 0. The zero-order chi connectivity index (χ0) is 49.7. The van der Waals surface area contributed by atoms with E-state index in [-0.39, 0.29) is 125 Å². The van der Waals surface area contributed by atoms with Crippen LogP contribution in [0.4, 0.5) is 0 Å². The zero-order valence-electron chi connectivity index (χ0n) is 50.6. The molecule has 1 nitrogen and oxygen atoms in total. The first-order chi connectivity index (χ1) is 23.4. The third-order valence-electron chi connectivity index (χ3n) is 0. The van der Waals surface area contributed by atoms with Crippen LogP contribution in [0.2, 0.25) is 0 Å². The summed E-state index contributed by atoms with van der Waals surface area (Å²) in [5.41, 5.74) is 3.00. The number of hydrogen-bond donors (Lipinski definition) is 0. The molecule has 0 spiro atoms. The van der Waals surface area contributed by atoms with Crippen molar-refractivity contribution in [2.45, 2.75) is 364 Å². The van der Waals surface area contributed by atoms with E-state index in [0.29, 0.717) is 32.5 Å². The summed E-state index contributed by atoms with van der Waals surface area (Å²) in [4.78, 5) is 0. The van der Waals surface area contributed by atoms with Crippen molar-refractivity contribution in [1.29, 1.82) is 0 Å². The van der Waals surface area contributed by atoms with Crippen LogP contribution in [0.15, 0.2) is 0 Å². The van der Waals surface area contributed by atoms with E-state index in [1.54, 1.807) is 14.2 Å². The van der Waals surface area contributed by atoms with E-state index in [9.17, 15) is 0 Å². The van der Waals surface area contributed by atoms with E-state index in [1.807, 2.05) is 138 Å². The minimum absolute atomic E-state index is 0. The van der Waals surface area contributed by atoms with Crippen LogP contribution in [0.25, 0.3) is 0 Å². The van der Waals surface area contributed by atoms with Gasteiger partial charge in [0, 0.05) is 79.6 Å². The van der Waals surface area contributed by atoms with Crippen LogP contribution in [0.1, 0.15) is 364 Å². The Morgan fingerprint density at radius 2 is 0.159 bits per heavy atom. The molecule has 2 radical (unpaired) electrons. The number of ether oxygens (including phenoxy) is 1. The van der Waals surface area contributed by atoms with Gasteiger partial charge in [0.15, 0.2) is 0 Å². The Kier molecular flexibility index (Phi) is 488. The zero-order valence-corrected chi connectivity index (χ0v) is 56.2. The van der Waals surface area contributed by atoms with Crippen LogP contribution in [-0.2, 0) is 70.2 Å². The second-order valence-electron chi connectivity index (χ2n) is 18.4. The van der Waals surface area contributed by atoms with Crippen molar-refractivity contribution in [1.82, 2.24) is 0 Å². The van der Waals surface area contributed by atoms with Crippen molar-refractivity contribution in [3.8, 4) is 0 Å². The Hall–Kier alpha value is 2.17. The van der Waals surface area contributed by atoms with Gasteiger partial charge in [-0.15, -0.1) is 0 Å². The first-order valence-electron chi connectivity index (χ1n) is 22.8. The quantitative estimate of drug-likeness (QED) is 0.235. The van der Waals surface area contributed by atoms with E-state index in [0.717, 1.165) is 0 Å². The van der Waals surface area contributed by atoms with Crippen molar-refractivity contribution in [3.05, 3.63) is 0 Å². The molecule has 0 amide bonds. The number of rotatable bonds is 0. The molecule has 0 N–H and O–H groups in total. The van der Waals surface area contributed by atoms with Gasteiger partial charge in [0.05, 0.1) is 0 Å². The maximum Gasteiger partial charge on any atom is 0.0351 e. The Balaban J connectivity index is -0.00000000880. The minimum atomic E-state index is 0. The molecule has 0 aliphatic carbocycles. The molecule has 0 unspecified atom stereocenters. The molecule has 0 heterocycles. The monoisotopic (exact) mass is 1090 g/mol. The fraction of sp³-hybridized carbons (Fsp3) is 1.00. The average molecular weight is 1090 g/mol. The molecule has 0 aliphatic heterocycles. The van der Waals surface area contributed by atoms with Gasteiger partial charge in [-0.1, -0.05) is 364 Å². The van der Waals surface area contributed by atoms with Crippen molar-refractivity contribution >= 4 is 0 Å².